The molecule has 0 fully saturated rings. The standard InChI is InChI=1S/C18H35N3O4/c1-2-3-4-5-6-7-8-9-10-11-12-21-16(23)14-18(25,17(20)24)13-15(19)22/h25H,2-14H2,1H3,(H2,19,22)(H2,20,24)(H,21,23). The lowest BCUT2D eigenvalue weighted by Gasteiger charge is -2.22. The van der Waals surface area contributed by atoms with E-state index in [1.807, 2.05) is 0 Å². The summed E-state index contributed by atoms with van der Waals surface area (Å²) in [5, 5.41) is 12.6. The fourth-order valence-electron chi connectivity index (χ4n) is 2.69. The van der Waals surface area contributed by atoms with E-state index in [4.69, 9.17) is 11.5 Å². The number of unbranched alkanes of at least 4 members (excludes halogenated alkanes) is 9. The lowest BCUT2D eigenvalue weighted by molar-refractivity contribution is -0.146. The highest BCUT2D eigenvalue weighted by Crippen LogP contribution is 2.15. The number of aliphatic hydroxyl groups is 1. The number of hydrogen-bond acceptors (Lipinski definition) is 4. The van der Waals surface area contributed by atoms with Crippen LogP contribution in [0.3, 0.4) is 0 Å². The Bertz CT molecular complexity index is 415. The summed E-state index contributed by atoms with van der Waals surface area (Å²) in [6, 6.07) is 0. The van der Waals surface area contributed by atoms with Gasteiger partial charge in [0.1, 0.15) is 0 Å². The maximum Gasteiger partial charge on any atom is 0.250 e. The number of amides is 3. The van der Waals surface area contributed by atoms with Gasteiger partial charge in [-0.25, -0.2) is 0 Å². The van der Waals surface area contributed by atoms with E-state index in [-0.39, 0.29) is 0 Å². The minimum Gasteiger partial charge on any atom is -0.379 e. The van der Waals surface area contributed by atoms with E-state index >= 15 is 0 Å². The first kappa shape index (κ1) is 23.4. The summed E-state index contributed by atoms with van der Waals surface area (Å²) in [6.45, 7) is 2.69. The van der Waals surface area contributed by atoms with Gasteiger partial charge in [0.25, 0.3) is 0 Å². The third kappa shape index (κ3) is 12.4. The van der Waals surface area contributed by atoms with Crippen LogP contribution in [-0.4, -0.2) is 35.0 Å². The predicted octanol–water partition coefficient (Wildman–Crippen LogP) is 1.51. The summed E-state index contributed by atoms with van der Waals surface area (Å²) in [7, 11) is 0. The normalized spacial score (nSPS) is 13.2. The molecule has 3 amide bonds. The Morgan fingerprint density at radius 2 is 1.32 bits per heavy atom. The molecule has 0 bridgehead atoms. The highest BCUT2D eigenvalue weighted by atomic mass is 16.3. The molecule has 0 rings (SSSR count). The van der Waals surface area contributed by atoms with Crippen molar-refractivity contribution in [3.8, 4) is 0 Å². The number of primary amides is 2. The topological polar surface area (TPSA) is 136 Å². The molecule has 0 heterocycles. The summed E-state index contributed by atoms with van der Waals surface area (Å²) >= 11 is 0. The van der Waals surface area contributed by atoms with Gasteiger partial charge in [0.05, 0.1) is 12.8 Å². The van der Waals surface area contributed by atoms with Crippen LogP contribution in [0.25, 0.3) is 0 Å². The molecule has 0 saturated carbocycles. The minimum absolute atomic E-state index is 0.473. The largest absolute Gasteiger partial charge is 0.379 e. The van der Waals surface area contributed by atoms with Crippen LogP contribution >= 0.6 is 0 Å². The first-order chi connectivity index (χ1) is 11.8. The lowest BCUT2D eigenvalue weighted by Crippen LogP contribution is -2.49. The molecule has 0 aromatic carbocycles. The maximum atomic E-state index is 11.8. The maximum absolute atomic E-state index is 11.8. The van der Waals surface area contributed by atoms with Crippen LogP contribution in [0.15, 0.2) is 0 Å². The van der Waals surface area contributed by atoms with Crippen LogP contribution in [0, 0.1) is 0 Å². The average Bonchev–Trinajstić information content (AvgIpc) is 2.51. The van der Waals surface area contributed by atoms with E-state index < -0.39 is 36.2 Å². The van der Waals surface area contributed by atoms with E-state index in [1.54, 1.807) is 0 Å². The minimum atomic E-state index is -2.21. The molecule has 0 radical (unpaired) electrons. The van der Waals surface area contributed by atoms with Crippen molar-refractivity contribution in [2.75, 3.05) is 6.54 Å². The van der Waals surface area contributed by atoms with Crippen molar-refractivity contribution in [1.82, 2.24) is 5.32 Å². The number of hydrogen-bond donors (Lipinski definition) is 4. The quantitative estimate of drug-likeness (QED) is 0.311. The summed E-state index contributed by atoms with van der Waals surface area (Å²) in [6.07, 6.45) is 10.8. The average molecular weight is 357 g/mol. The molecule has 7 heteroatoms. The fourth-order valence-corrected chi connectivity index (χ4v) is 2.69. The van der Waals surface area contributed by atoms with Gasteiger partial charge in [-0.15, -0.1) is 0 Å². The molecule has 1 unspecified atom stereocenters. The molecule has 0 aliphatic rings. The van der Waals surface area contributed by atoms with E-state index in [0.29, 0.717) is 6.54 Å². The van der Waals surface area contributed by atoms with Gasteiger partial charge in [0, 0.05) is 6.54 Å². The molecule has 0 aromatic rings. The predicted molar refractivity (Wildman–Crippen MR) is 97.4 cm³/mol. The van der Waals surface area contributed by atoms with Crippen molar-refractivity contribution >= 4 is 17.7 Å². The van der Waals surface area contributed by atoms with Crippen molar-refractivity contribution < 1.29 is 19.5 Å². The molecule has 1 atom stereocenters. The Balaban J connectivity index is 3.72. The van der Waals surface area contributed by atoms with Gasteiger partial charge in [-0.05, 0) is 6.42 Å². The second-order valence-electron chi connectivity index (χ2n) is 6.75. The summed E-state index contributed by atoms with van der Waals surface area (Å²) in [4.78, 5) is 33.9. The van der Waals surface area contributed by atoms with Gasteiger partial charge in [0.2, 0.25) is 17.7 Å². The van der Waals surface area contributed by atoms with Crippen LogP contribution in [0.5, 0.6) is 0 Å². The number of rotatable bonds is 16. The zero-order valence-corrected chi connectivity index (χ0v) is 15.5. The van der Waals surface area contributed by atoms with Gasteiger partial charge in [-0.2, -0.15) is 0 Å². The molecule has 146 valence electrons. The van der Waals surface area contributed by atoms with E-state index in [2.05, 4.69) is 12.2 Å². The second-order valence-corrected chi connectivity index (χ2v) is 6.75. The molecular formula is C18H35N3O4. The molecule has 0 saturated heterocycles. The van der Waals surface area contributed by atoms with Crippen molar-refractivity contribution in [2.24, 2.45) is 11.5 Å². The zero-order valence-electron chi connectivity index (χ0n) is 15.5. The van der Waals surface area contributed by atoms with Crippen molar-refractivity contribution in [3.05, 3.63) is 0 Å². The summed E-state index contributed by atoms with van der Waals surface area (Å²) < 4.78 is 0. The third-order valence-electron chi connectivity index (χ3n) is 4.23. The molecule has 7 nitrogen and oxygen atoms in total. The first-order valence-electron chi connectivity index (χ1n) is 9.39. The number of nitrogens with one attached hydrogen (secondary N) is 1. The fraction of sp³-hybridized carbons (Fsp3) is 0.833. The van der Waals surface area contributed by atoms with Crippen molar-refractivity contribution in [2.45, 2.75) is 89.6 Å². The Hall–Kier alpha value is -1.63. The van der Waals surface area contributed by atoms with E-state index in [9.17, 15) is 19.5 Å². The van der Waals surface area contributed by atoms with Crippen molar-refractivity contribution in [3.63, 3.8) is 0 Å². The molecular weight excluding hydrogens is 322 g/mol. The Labute approximate surface area is 150 Å². The monoisotopic (exact) mass is 357 g/mol. The molecule has 25 heavy (non-hydrogen) atoms. The van der Waals surface area contributed by atoms with E-state index in [1.165, 1.54) is 44.9 Å². The van der Waals surface area contributed by atoms with E-state index in [0.717, 1.165) is 19.3 Å². The molecule has 0 spiro atoms. The Morgan fingerprint density at radius 1 is 0.840 bits per heavy atom. The Kier molecular flexibility index (Phi) is 12.7. The van der Waals surface area contributed by atoms with Crippen LogP contribution in [0.1, 0.15) is 84.0 Å². The number of carbonyl (C=O) groups is 3. The SMILES string of the molecule is CCCCCCCCCCCCNC(=O)CC(O)(CC(N)=O)C(N)=O. The molecule has 0 aromatic heterocycles. The molecule has 0 aliphatic carbocycles. The summed E-state index contributed by atoms with van der Waals surface area (Å²) in [5.41, 5.74) is 7.80. The molecule has 0 aliphatic heterocycles. The van der Waals surface area contributed by atoms with Gasteiger partial charge >= 0.3 is 0 Å². The second kappa shape index (κ2) is 13.6. The zero-order chi connectivity index (χ0) is 19.1. The van der Waals surface area contributed by atoms with Gasteiger partial charge < -0.3 is 21.9 Å². The van der Waals surface area contributed by atoms with Gasteiger partial charge in [0.15, 0.2) is 5.60 Å². The Morgan fingerprint density at radius 3 is 1.76 bits per heavy atom. The smallest absolute Gasteiger partial charge is 0.250 e. The van der Waals surface area contributed by atoms with Crippen LogP contribution in [0.2, 0.25) is 0 Å². The van der Waals surface area contributed by atoms with Crippen LogP contribution < -0.4 is 16.8 Å². The summed E-state index contributed by atoms with van der Waals surface area (Å²) in [5.74, 6) is -2.53. The van der Waals surface area contributed by atoms with Gasteiger partial charge in [-0.3, -0.25) is 14.4 Å². The van der Waals surface area contributed by atoms with Crippen molar-refractivity contribution in [1.29, 1.82) is 0 Å². The highest BCUT2D eigenvalue weighted by molar-refractivity contribution is 5.93. The lowest BCUT2D eigenvalue weighted by atomic mass is 9.94. The highest BCUT2D eigenvalue weighted by Gasteiger charge is 2.38. The third-order valence-corrected chi connectivity index (χ3v) is 4.23. The number of carbonyl (C=O) groups excluding carboxylic acids is 3. The first-order valence-corrected chi connectivity index (χ1v) is 9.39. The van der Waals surface area contributed by atoms with Gasteiger partial charge in [-0.1, -0.05) is 64.7 Å². The van der Waals surface area contributed by atoms with Crippen LogP contribution in [0.4, 0.5) is 0 Å². The van der Waals surface area contributed by atoms with Crippen LogP contribution in [-0.2, 0) is 14.4 Å². The number of nitrogens with two attached hydrogens (primary N) is 2. The molecule has 6 N–H and O–H groups in total.